The Labute approximate surface area is 84.9 Å². The Balaban J connectivity index is 2.19. The van der Waals surface area contributed by atoms with Gasteiger partial charge in [-0.05, 0) is 24.3 Å². The molecule has 1 aromatic heterocycles. The average molecular weight is 243 g/mol. The van der Waals surface area contributed by atoms with Crippen molar-refractivity contribution in [3.63, 3.8) is 0 Å². The van der Waals surface area contributed by atoms with Gasteiger partial charge in [0.2, 0.25) is 0 Å². The molecule has 13 heavy (non-hydrogen) atoms. The maximum atomic E-state index is 11.3. The van der Waals surface area contributed by atoms with Gasteiger partial charge in [-0.25, -0.2) is 4.68 Å². The maximum absolute atomic E-state index is 11.3. The predicted molar refractivity (Wildman–Crippen MR) is 54.0 cm³/mol. The lowest BCUT2D eigenvalue weighted by Gasteiger charge is -2.11. The quantitative estimate of drug-likeness (QED) is 0.752. The standard InChI is InChI=1S/C9H11BrN2O/c10-6-9(3-4-9)7-12-8(13)2-1-5-11-12/h1-2,5H,3-4,6-7H2. The van der Waals surface area contributed by atoms with E-state index in [0.29, 0.717) is 5.41 Å². The molecule has 0 amide bonds. The fourth-order valence-electron chi connectivity index (χ4n) is 1.33. The molecular weight excluding hydrogens is 232 g/mol. The van der Waals surface area contributed by atoms with E-state index in [4.69, 9.17) is 0 Å². The minimum absolute atomic E-state index is 0.00488. The molecule has 1 aliphatic carbocycles. The van der Waals surface area contributed by atoms with Gasteiger partial charge in [0, 0.05) is 17.6 Å². The topological polar surface area (TPSA) is 34.9 Å². The van der Waals surface area contributed by atoms with E-state index in [-0.39, 0.29) is 5.56 Å². The van der Waals surface area contributed by atoms with Crippen molar-refractivity contribution >= 4 is 15.9 Å². The van der Waals surface area contributed by atoms with Crippen LogP contribution in [-0.2, 0) is 6.54 Å². The van der Waals surface area contributed by atoms with Gasteiger partial charge in [0.1, 0.15) is 0 Å². The number of aromatic nitrogens is 2. The minimum atomic E-state index is -0.00488. The molecule has 1 heterocycles. The molecule has 0 unspecified atom stereocenters. The molecular formula is C9H11BrN2O. The van der Waals surface area contributed by atoms with Crippen LogP contribution in [-0.4, -0.2) is 15.1 Å². The summed E-state index contributed by atoms with van der Waals surface area (Å²) in [5, 5.41) is 5.00. The third-order valence-corrected chi connectivity index (χ3v) is 3.70. The minimum Gasteiger partial charge on any atom is -0.268 e. The van der Waals surface area contributed by atoms with Gasteiger partial charge in [-0.1, -0.05) is 15.9 Å². The van der Waals surface area contributed by atoms with E-state index >= 15 is 0 Å². The molecule has 0 radical (unpaired) electrons. The molecule has 1 aliphatic rings. The normalized spacial score (nSPS) is 18.5. The molecule has 3 nitrogen and oxygen atoms in total. The van der Waals surface area contributed by atoms with Crippen molar-refractivity contribution in [1.82, 2.24) is 9.78 Å². The molecule has 0 spiro atoms. The first kappa shape index (κ1) is 8.94. The van der Waals surface area contributed by atoms with Crippen LogP contribution in [0.1, 0.15) is 12.8 Å². The third kappa shape index (κ3) is 1.82. The van der Waals surface area contributed by atoms with Crippen LogP contribution in [0.25, 0.3) is 0 Å². The summed E-state index contributed by atoms with van der Waals surface area (Å²) in [6.45, 7) is 0.748. The summed E-state index contributed by atoms with van der Waals surface area (Å²) in [6.07, 6.45) is 4.05. The summed E-state index contributed by atoms with van der Waals surface area (Å²) in [5.41, 5.74) is 0.299. The molecule has 0 atom stereocenters. The second kappa shape index (κ2) is 3.25. The van der Waals surface area contributed by atoms with Crippen molar-refractivity contribution in [3.05, 3.63) is 28.7 Å². The van der Waals surface area contributed by atoms with Crippen LogP contribution in [0.5, 0.6) is 0 Å². The van der Waals surface area contributed by atoms with Crippen LogP contribution in [0.15, 0.2) is 23.1 Å². The zero-order valence-corrected chi connectivity index (χ0v) is 8.83. The smallest absolute Gasteiger partial charge is 0.266 e. The number of hydrogen-bond acceptors (Lipinski definition) is 2. The Bertz CT molecular complexity index is 357. The number of rotatable bonds is 3. The first-order valence-electron chi connectivity index (χ1n) is 4.34. The molecule has 2 rings (SSSR count). The highest BCUT2D eigenvalue weighted by molar-refractivity contribution is 9.09. The molecule has 1 aromatic rings. The zero-order valence-electron chi connectivity index (χ0n) is 7.24. The van der Waals surface area contributed by atoms with Gasteiger partial charge < -0.3 is 0 Å². The monoisotopic (exact) mass is 242 g/mol. The Morgan fingerprint density at radius 2 is 2.38 bits per heavy atom. The number of halogens is 1. The molecule has 0 aromatic carbocycles. The molecule has 4 heteroatoms. The summed E-state index contributed by atoms with van der Waals surface area (Å²) >= 11 is 3.47. The predicted octanol–water partition coefficient (Wildman–Crippen LogP) is 1.42. The van der Waals surface area contributed by atoms with Crippen molar-refractivity contribution in [2.75, 3.05) is 5.33 Å². The highest BCUT2D eigenvalue weighted by atomic mass is 79.9. The summed E-state index contributed by atoms with van der Waals surface area (Å²) < 4.78 is 1.55. The van der Waals surface area contributed by atoms with E-state index < -0.39 is 0 Å². The van der Waals surface area contributed by atoms with Gasteiger partial charge >= 0.3 is 0 Å². The van der Waals surface area contributed by atoms with Crippen LogP contribution in [0.2, 0.25) is 0 Å². The van der Waals surface area contributed by atoms with E-state index in [1.54, 1.807) is 23.0 Å². The van der Waals surface area contributed by atoms with Crippen LogP contribution in [0.3, 0.4) is 0 Å². The first-order valence-corrected chi connectivity index (χ1v) is 5.46. The molecule has 1 fully saturated rings. The Hall–Kier alpha value is -0.640. The Morgan fingerprint density at radius 1 is 1.62 bits per heavy atom. The van der Waals surface area contributed by atoms with Gasteiger partial charge in [-0.3, -0.25) is 4.79 Å². The van der Waals surface area contributed by atoms with Gasteiger partial charge in [0.25, 0.3) is 5.56 Å². The molecule has 0 aliphatic heterocycles. The first-order chi connectivity index (χ1) is 6.26. The van der Waals surface area contributed by atoms with Crippen molar-refractivity contribution < 1.29 is 0 Å². The fourth-order valence-corrected chi connectivity index (χ4v) is 2.07. The largest absolute Gasteiger partial charge is 0.268 e. The lowest BCUT2D eigenvalue weighted by Crippen LogP contribution is -2.26. The summed E-state index contributed by atoms with van der Waals surface area (Å²) in [4.78, 5) is 11.3. The zero-order chi connectivity index (χ0) is 9.31. The molecule has 0 saturated heterocycles. The lowest BCUT2D eigenvalue weighted by molar-refractivity contribution is 0.426. The highest BCUT2D eigenvalue weighted by Crippen LogP contribution is 2.47. The second-order valence-corrected chi connectivity index (χ2v) is 4.21. The molecule has 0 bridgehead atoms. The summed E-state index contributed by atoms with van der Waals surface area (Å²) in [7, 11) is 0. The van der Waals surface area contributed by atoms with E-state index in [9.17, 15) is 4.79 Å². The third-order valence-electron chi connectivity index (χ3n) is 2.51. The van der Waals surface area contributed by atoms with Gasteiger partial charge in [0.15, 0.2) is 0 Å². The fraction of sp³-hybridized carbons (Fsp3) is 0.556. The van der Waals surface area contributed by atoms with E-state index in [0.717, 1.165) is 11.9 Å². The second-order valence-electron chi connectivity index (χ2n) is 3.65. The molecule has 1 saturated carbocycles. The number of hydrogen-bond donors (Lipinski definition) is 0. The van der Waals surface area contributed by atoms with Gasteiger partial charge in [0.05, 0.1) is 6.54 Å². The molecule has 70 valence electrons. The Morgan fingerprint density at radius 3 is 2.92 bits per heavy atom. The average Bonchev–Trinajstić information content (AvgIpc) is 2.90. The van der Waals surface area contributed by atoms with Crippen LogP contribution in [0.4, 0.5) is 0 Å². The van der Waals surface area contributed by atoms with Gasteiger partial charge in [-0.15, -0.1) is 0 Å². The SMILES string of the molecule is O=c1cccnn1CC1(CBr)CC1. The van der Waals surface area contributed by atoms with Crippen molar-refractivity contribution in [3.8, 4) is 0 Å². The van der Waals surface area contributed by atoms with Crippen molar-refractivity contribution in [2.45, 2.75) is 19.4 Å². The highest BCUT2D eigenvalue weighted by Gasteiger charge is 2.42. The van der Waals surface area contributed by atoms with Crippen LogP contribution >= 0.6 is 15.9 Å². The van der Waals surface area contributed by atoms with Crippen molar-refractivity contribution in [2.24, 2.45) is 5.41 Å². The lowest BCUT2D eigenvalue weighted by atomic mass is 10.1. The summed E-state index contributed by atoms with van der Waals surface area (Å²) in [5.74, 6) is 0. The van der Waals surface area contributed by atoms with E-state index in [2.05, 4.69) is 21.0 Å². The van der Waals surface area contributed by atoms with Crippen LogP contribution in [0, 0.1) is 5.41 Å². The maximum Gasteiger partial charge on any atom is 0.266 e. The van der Waals surface area contributed by atoms with Gasteiger partial charge in [-0.2, -0.15) is 5.10 Å². The Kier molecular flexibility index (Phi) is 2.24. The number of alkyl halides is 1. The van der Waals surface area contributed by atoms with E-state index in [1.807, 2.05) is 0 Å². The molecule has 0 N–H and O–H groups in total. The van der Waals surface area contributed by atoms with E-state index in [1.165, 1.54) is 12.8 Å². The summed E-state index contributed by atoms with van der Waals surface area (Å²) in [6, 6.07) is 3.23. The van der Waals surface area contributed by atoms with Crippen molar-refractivity contribution in [1.29, 1.82) is 0 Å². The van der Waals surface area contributed by atoms with Crippen LogP contribution < -0.4 is 5.56 Å². The number of nitrogens with zero attached hydrogens (tertiary/aromatic N) is 2.